The number of hydrogen-bond acceptors (Lipinski definition) is 4. The molecule has 0 bridgehead atoms. The second-order valence-corrected chi connectivity index (χ2v) is 2.43. The van der Waals surface area contributed by atoms with Gasteiger partial charge >= 0.3 is 6.16 Å². The molecule has 2 rings (SSSR count). The third kappa shape index (κ3) is 0.470. The van der Waals surface area contributed by atoms with Crippen molar-refractivity contribution in [3.05, 3.63) is 0 Å². The summed E-state index contributed by atoms with van der Waals surface area (Å²) in [5, 5.41) is 0. The summed E-state index contributed by atoms with van der Waals surface area (Å²) in [5.74, 6) is -1.85. The minimum absolute atomic E-state index is 0.411. The van der Waals surface area contributed by atoms with E-state index in [0.717, 1.165) is 0 Å². The van der Waals surface area contributed by atoms with E-state index in [-0.39, 0.29) is 0 Å². The van der Waals surface area contributed by atoms with Crippen LogP contribution in [0.4, 0.5) is 4.79 Å². The van der Waals surface area contributed by atoms with Crippen molar-refractivity contribution in [2.75, 3.05) is 0 Å². The van der Waals surface area contributed by atoms with Crippen molar-refractivity contribution in [2.24, 2.45) is 11.7 Å². The third-order valence-electron chi connectivity index (χ3n) is 1.72. The molecule has 2 N–H and O–H groups in total. The molecule has 2 fully saturated rings. The van der Waals surface area contributed by atoms with E-state index in [0.29, 0.717) is 6.42 Å². The molecule has 2 aliphatic rings. The van der Waals surface area contributed by atoms with E-state index in [1.54, 1.807) is 0 Å². The molecule has 0 aromatic heterocycles. The van der Waals surface area contributed by atoms with Gasteiger partial charge in [-0.05, 0) is 0 Å². The molecule has 5 heteroatoms. The van der Waals surface area contributed by atoms with Crippen molar-refractivity contribution >= 4 is 12.1 Å². The highest BCUT2D eigenvalue weighted by atomic mass is 16.9. The first-order valence-electron chi connectivity index (χ1n) is 2.85. The Labute approximate surface area is 56.1 Å². The standard InChI is InChI=1S/C5H5NO4/c6-3(7)2-1-5(2)9-4(8)10-5/h2H,1H2,(H2,6,7). The Hall–Kier alpha value is -1.26. The van der Waals surface area contributed by atoms with Crippen molar-refractivity contribution in [1.82, 2.24) is 0 Å². The second kappa shape index (κ2) is 1.25. The summed E-state index contributed by atoms with van der Waals surface area (Å²) in [6.07, 6.45) is -0.308. The Balaban J connectivity index is 2.01. The maximum absolute atomic E-state index is 10.4. The molecule has 1 unspecified atom stereocenters. The molecule has 0 aromatic carbocycles. The molecule has 1 atom stereocenters. The lowest BCUT2D eigenvalue weighted by Gasteiger charge is -2.25. The van der Waals surface area contributed by atoms with Crippen LogP contribution in [0.2, 0.25) is 0 Å². The lowest BCUT2D eigenvalue weighted by atomic mass is 10.4. The quantitative estimate of drug-likeness (QED) is 0.495. The monoisotopic (exact) mass is 143 g/mol. The predicted molar refractivity (Wildman–Crippen MR) is 27.6 cm³/mol. The van der Waals surface area contributed by atoms with Crippen LogP contribution < -0.4 is 5.73 Å². The molecule has 1 spiro atoms. The van der Waals surface area contributed by atoms with Crippen molar-refractivity contribution < 1.29 is 19.1 Å². The zero-order chi connectivity index (χ0) is 7.35. The van der Waals surface area contributed by atoms with E-state index in [9.17, 15) is 9.59 Å². The summed E-state index contributed by atoms with van der Waals surface area (Å²) >= 11 is 0. The van der Waals surface area contributed by atoms with Gasteiger partial charge in [0.25, 0.3) is 5.79 Å². The van der Waals surface area contributed by atoms with Crippen LogP contribution in [-0.4, -0.2) is 17.8 Å². The second-order valence-electron chi connectivity index (χ2n) is 2.43. The van der Waals surface area contributed by atoms with E-state index in [1.807, 2.05) is 0 Å². The Bertz CT molecular complexity index is 216. The molecule has 0 aromatic rings. The Morgan fingerprint density at radius 1 is 1.70 bits per heavy atom. The number of primary amides is 1. The molecular weight excluding hydrogens is 138 g/mol. The maximum Gasteiger partial charge on any atom is 0.514 e. The molecule has 5 nitrogen and oxygen atoms in total. The van der Waals surface area contributed by atoms with E-state index < -0.39 is 23.8 Å². The average molecular weight is 143 g/mol. The van der Waals surface area contributed by atoms with Crippen LogP contribution >= 0.6 is 0 Å². The summed E-state index contributed by atoms with van der Waals surface area (Å²) in [5.41, 5.74) is 4.92. The molecule has 1 saturated heterocycles. The largest absolute Gasteiger partial charge is 0.514 e. The van der Waals surface area contributed by atoms with Gasteiger partial charge in [-0.2, -0.15) is 0 Å². The van der Waals surface area contributed by atoms with Gasteiger partial charge in [0.05, 0.1) is 0 Å². The highest BCUT2D eigenvalue weighted by Gasteiger charge is 2.71. The van der Waals surface area contributed by atoms with Gasteiger partial charge in [0.15, 0.2) is 0 Å². The van der Waals surface area contributed by atoms with Crippen molar-refractivity contribution in [3.63, 3.8) is 0 Å². The van der Waals surface area contributed by atoms with Gasteiger partial charge in [-0.25, -0.2) is 4.79 Å². The lowest BCUT2D eigenvalue weighted by molar-refractivity contribution is -0.213. The van der Waals surface area contributed by atoms with Crippen LogP contribution in [0.3, 0.4) is 0 Å². The minimum Gasteiger partial charge on any atom is -0.390 e. The molecule has 54 valence electrons. The van der Waals surface area contributed by atoms with Gasteiger partial charge in [-0.1, -0.05) is 0 Å². The summed E-state index contributed by atoms with van der Waals surface area (Å²) in [6.45, 7) is 0. The number of carbonyl (C=O) groups is 2. The summed E-state index contributed by atoms with van der Waals surface area (Å²) < 4.78 is 9.10. The number of ether oxygens (including phenoxy) is 2. The molecule has 0 radical (unpaired) electrons. The zero-order valence-electron chi connectivity index (χ0n) is 4.99. The fourth-order valence-corrected chi connectivity index (χ4v) is 1.06. The first-order valence-corrected chi connectivity index (χ1v) is 2.85. The van der Waals surface area contributed by atoms with Crippen LogP contribution in [0.5, 0.6) is 0 Å². The first-order chi connectivity index (χ1) is 4.64. The number of rotatable bonds is 1. The lowest BCUT2D eigenvalue weighted by Crippen LogP contribution is -2.41. The zero-order valence-corrected chi connectivity index (χ0v) is 4.99. The minimum atomic E-state index is -0.942. The molecular formula is C5H5NO4. The Morgan fingerprint density at radius 3 is 2.60 bits per heavy atom. The Kier molecular flexibility index (Phi) is 0.693. The van der Waals surface area contributed by atoms with E-state index in [4.69, 9.17) is 5.73 Å². The molecule has 1 aliphatic heterocycles. The summed E-state index contributed by atoms with van der Waals surface area (Å²) in [7, 11) is 0. The molecule has 10 heavy (non-hydrogen) atoms. The molecule has 1 amide bonds. The average Bonchev–Trinajstić information content (AvgIpc) is 2.40. The van der Waals surface area contributed by atoms with E-state index >= 15 is 0 Å². The van der Waals surface area contributed by atoms with Gasteiger partial charge in [-0.3, -0.25) is 4.79 Å². The van der Waals surface area contributed by atoms with Gasteiger partial charge in [0.2, 0.25) is 5.91 Å². The summed E-state index contributed by atoms with van der Waals surface area (Å²) in [6, 6.07) is 0. The van der Waals surface area contributed by atoms with Gasteiger partial charge in [0, 0.05) is 6.42 Å². The van der Waals surface area contributed by atoms with E-state index in [1.165, 1.54) is 0 Å². The molecule has 1 heterocycles. The van der Waals surface area contributed by atoms with Gasteiger partial charge in [-0.15, -0.1) is 0 Å². The molecule has 1 saturated carbocycles. The van der Waals surface area contributed by atoms with Crippen molar-refractivity contribution in [1.29, 1.82) is 0 Å². The van der Waals surface area contributed by atoms with Crippen molar-refractivity contribution in [2.45, 2.75) is 12.2 Å². The smallest absolute Gasteiger partial charge is 0.390 e. The number of amides is 1. The highest BCUT2D eigenvalue weighted by molar-refractivity contribution is 5.84. The Morgan fingerprint density at radius 2 is 2.30 bits per heavy atom. The van der Waals surface area contributed by atoms with Crippen LogP contribution in [0.1, 0.15) is 6.42 Å². The third-order valence-corrected chi connectivity index (χ3v) is 1.72. The van der Waals surface area contributed by atoms with Crippen LogP contribution in [0.25, 0.3) is 0 Å². The summed E-state index contributed by atoms with van der Waals surface area (Å²) in [4.78, 5) is 20.6. The van der Waals surface area contributed by atoms with Crippen LogP contribution in [0.15, 0.2) is 0 Å². The number of hydrogen-bond donors (Lipinski definition) is 1. The van der Waals surface area contributed by atoms with Crippen LogP contribution in [0, 0.1) is 5.92 Å². The van der Waals surface area contributed by atoms with Gasteiger partial charge < -0.3 is 15.2 Å². The molecule has 1 aliphatic carbocycles. The fraction of sp³-hybridized carbons (Fsp3) is 0.600. The maximum atomic E-state index is 10.4. The normalized spacial score (nSPS) is 32.0. The fourth-order valence-electron chi connectivity index (χ4n) is 1.06. The van der Waals surface area contributed by atoms with Gasteiger partial charge in [0.1, 0.15) is 5.92 Å². The van der Waals surface area contributed by atoms with Crippen molar-refractivity contribution in [3.8, 4) is 0 Å². The van der Waals surface area contributed by atoms with Crippen LogP contribution in [-0.2, 0) is 14.3 Å². The number of nitrogens with two attached hydrogens (primary N) is 1. The highest BCUT2D eigenvalue weighted by Crippen LogP contribution is 2.53. The SMILES string of the molecule is NC(=O)C1CC12OC(=O)O2. The number of carbonyl (C=O) groups excluding carboxylic acids is 2. The first kappa shape index (κ1) is 5.52. The predicted octanol–water partition coefficient (Wildman–Crippen LogP) is -0.645. The topological polar surface area (TPSA) is 78.6 Å². The van der Waals surface area contributed by atoms with E-state index in [2.05, 4.69) is 9.47 Å².